The van der Waals surface area contributed by atoms with Crippen molar-refractivity contribution in [1.82, 2.24) is 9.88 Å². The Balaban J connectivity index is 1.92. The van der Waals surface area contributed by atoms with Crippen molar-refractivity contribution in [2.45, 2.75) is 45.7 Å². The smallest absolute Gasteiger partial charge is 0.240 e. The number of rotatable bonds is 4. The summed E-state index contributed by atoms with van der Waals surface area (Å²) >= 11 is 0. The van der Waals surface area contributed by atoms with Crippen LogP contribution in [0.4, 0.5) is 0 Å². The summed E-state index contributed by atoms with van der Waals surface area (Å²) in [6.07, 6.45) is 3.82. The van der Waals surface area contributed by atoms with E-state index in [4.69, 9.17) is 0 Å². The van der Waals surface area contributed by atoms with Crippen LogP contribution in [0.2, 0.25) is 0 Å². The Morgan fingerprint density at radius 3 is 2.55 bits per heavy atom. The predicted molar refractivity (Wildman–Crippen MR) is 86.9 cm³/mol. The third-order valence-electron chi connectivity index (χ3n) is 3.83. The number of nitrogens with zero attached hydrogens (tertiary/aromatic N) is 1. The fourth-order valence-corrected chi connectivity index (χ4v) is 2.75. The molecule has 1 saturated carbocycles. The lowest BCUT2D eigenvalue weighted by Crippen LogP contribution is -2.42. The van der Waals surface area contributed by atoms with Gasteiger partial charge >= 0.3 is 0 Å². The van der Waals surface area contributed by atoms with E-state index in [-0.39, 0.29) is 29.7 Å². The van der Waals surface area contributed by atoms with Gasteiger partial charge < -0.3 is 9.88 Å². The van der Waals surface area contributed by atoms with Crippen molar-refractivity contribution >= 4 is 22.6 Å². The first-order valence-electron chi connectivity index (χ1n) is 7.78. The molecule has 3 rings (SSSR count). The zero-order valence-corrected chi connectivity index (χ0v) is 13.3. The highest BCUT2D eigenvalue weighted by Crippen LogP contribution is 2.35. The van der Waals surface area contributed by atoms with Gasteiger partial charge in [-0.25, -0.2) is 0 Å². The van der Waals surface area contributed by atoms with E-state index in [0.717, 1.165) is 29.3 Å². The van der Waals surface area contributed by atoms with Crippen LogP contribution in [0.15, 0.2) is 30.5 Å². The number of hydrogen-bond acceptors (Lipinski definition) is 2. The van der Waals surface area contributed by atoms with Crippen LogP contribution >= 0.6 is 0 Å². The van der Waals surface area contributed by atoms with Crippen molar-refractivity contribution in [2.24, 2.45) is 5.92 Å². The van der Waals surface area contributed by atoms with Crippen LogP contribution in [-0.2, 0) is 11.3 Å². The molecule has 0 spiro atoms. The largest absolute Gasteiger partial charge is 0.350 e. The van der Waals surface area contributed by atoms with Crippen LogP contribution in [0.5, 0.6) is 0 Å². The van der Waals surface area contributed by atoms with Crippen molar-refractivity contribution in [3.63, 3.8) is 0 Å². The number of nitrogens with one attached hydrogen (secondary N) is 1. The molecular weight excluding hydrogens is 276 g/mol. The first-order chi connectivity index (χ1) is 10.3. The summed E-state index contributed by atoms with van der Waals surface area (Å²) in [4.78, 5) is 24.6. The van der Waals surface area contributed by atoms with E-state index in [1.54, 1.807) is 0 Å². The molecule has 0 radical (unpaired) electrons. The highest BCUT2D eigenvalue weighted by Gasteiger charge is 2.32. The van der Waals surface area contributed by atoms with Crippen molar-refractivity contribution in [3.05, 3.63) is 36.0 Å². The molecule has 1 aliphatic carbocycles. The fraction of sp³-hybridized carbons (Fsp3) is 0.444. The number of Topliss-reactive ketones (excluding diaryl/α,β-unsaturated/α-hetero) is 1. The molecule has 0 saturated heterocycles. The minimum Gasteiger partial charge on any atom is -0.350 e. The molecule has 22 heavy (non-hydrogen) atoms. The van der Waals surface area contributed by atoms with Crippen LogP contribution in [0.25, 0.3) is 10.9 Å². The third-order valence-corrected chi connectivity index (χ3v) is 3.83. The monoisotopic (exact) mass is 298 g/mol. The molecule has 2 aromatic rings. The van der Waals surface area contributed by atoms with Gasteiger partial charge in [0.15, 0.2) is 5.78 Å². The number of amides is 1. The Morgan fingerprint density at radius 2 is 1.91 bits per heavy atom. The van der Waals surface area contributed by atoms with Crippen molar-refractivity contribution < 1.29 is 9.59 Å². The number of ketones is 1. The van der Waals surface area contributed by atoms with Crippen LogP contribution in [0.3, 0.4) is 0 Å². The summed E-state index contributed by atoms with van der Waals surface area (Å²) in [6.45, 7) is 6.11. The molecule has 0 bridgehead atoms. The second-order valence-corrected chi connectivity index (χ2v) is 7.12. The number of carbonyl (C=O) groups excluding carboxylic acids is 2. The second kappa shape index (κ2) is 5.27. The minimum atomic E-state index is -0.257. The van der Waals surface area contributed by atoms with Crippen molar-refractivity contribution in [2.75, 3.05) is 0 Å². The molecule has 1 aliphatic rings. The number of aromatic nitrogens is 1. The maximum Gasteiger partial charge on any atom is 0.240 e. The standard InChI is InChI=1S/C18H22N2O2/c1-18(2,3)19-16(21)11-20-10-14(17(22)12-8-9-12)13-6-4-5-7-15(13)20/h4-7,10,12H,8-9,11H2,1-3H3,(H,19,21). The zero-order chi connectivity index (χ0) is 15.9. The maximum absolute atomic E-state index is 12.4. The Kier molecular flexibility index (Phi) is 3.55. The average molecular weight is 298 g/mol. The molecule has 0 aliphatic heterocycles. The van der Waals surface area contributed by atoms with Gasteiger partial charge in [0.25, 0.3) is 0 Å². The van der Waals surface area contributed by atoms with Crippen LogP contribution in [-0.4, -0.2) is 21.8 Å². The van der Waals surface area contributed by atoms with Gasteiger partial charge in [0.2, 0.25) is 5.91 Å². The van der Waals surface area contributed by atoms with Crippen LogP contribution in [0.1, 0.15) is 44.0 Å². The Labute approximate surface area is 130 Å². The predicted octanol–water partition coefficient (Wildman–Crippen LogP) is 3.15. The van der Waals surface area contributed by atoms with Gasteiger partial charge in [-0.2, -0.15) is 0 Å². The fourth-order valence-electron chi connectivity index (χ4n) is 2.75. The molecule has 0 unspecified atom stereocenters. The van der Waals surface area contributed by atoms with E-state index in [1.165, 1.54) is 0 Å². The van der Waals surface area contributed by atoms with Gasteiger partial charge in [-0.05, 0) is 39.7 Å². The topological polar surface area (TPSA) is 51.1 Å². The molecule has 116 valence electrons. The highest BCUT2D eigenvalue weighted by molar-refractivity contribution is 6.10. The van der Waals surface area contributed by atoms with E-state index in [9.17, 15) is 9.59 Å². The number of carbonyl (C=O) groups is 2. The lowest BCUT2D eigenvalue weighted by Gasteiger charge is -2.20. The SMILES string of the molecule is CC(C)(C)NC(=O)Cn1cc(C(=O)C2CC2)c2ccccc21. The Morgan fingerprint density at radius 1 is 1.23 bits per heavy atom. The number of fused-ring (bicyclic) bond motifs is 1. The van der Waals surface area contributed by atoms with E-state index in [1.807, 2.05) is 55.8 Å². The quantitative estimate of drug-likeness (QED) is 0.882. The summed E-state index contributed by atoms with van der Waals surface area (Å²) in [5.74, 6) is 0.354. The summed E-state index contributed by atoms with van der Waals surface area (Å²) in [6, 6.07) is 7.80. The Bertz CT molecular complexity index is 733. The lowest BCUT2D eigenvalue weighted by molar-refractivity contribution is -0.123. The van der Waals surface area contributed by atoms with Crippen LogP contribution in [0, 0.1) is 5.92 Å². The molecule has 1 fully saturated rings. The summed E-state index contributed by atoms with van der Waals surface area (Å²) in [7, 11) is 0. The molecule has 0 atom stereocenters. The maximum atomic E-state index is 12.4. The molecular formula is C18H22N2O2. The average Bonchev–Trinajstić information content (AvgIpc) is 3.20. The van der Waals surface area contributed by atoms with Crippen molar-refractivity contribution in [1.29, 1.82) is 0 Å². The number of benzene rings is 1. The minimum absolute atomic E-state index is 0.0429. The van der Waals surface area contributed by atoms with E-state index < -0.39 is 0 Å². The number of para-hydroxylation sites is 1. The van der Waals surface area contributed by atoms with Gasteiger partial charge in [0.1, 0.15) is 6.54 Å². The molecule has 1 N–H and O–H groups in total. The molecule has 4 nitrogen and oxygen atoms in total. The summed E-state index contributed by atoms with van der Waals surface area (Å²) in [5.41, 5.74) is 1.43. The van der Waals surface area contributed by atoms with Gasteiger partial charge in [-0.3, -0.25) is 9.59 Å². The second-order valence-electron chi connectivity index (χ2n) is 7.12. The summed E-state index contributed by atoms with van der Waals surface area (Å²) < 4.78 is 1.88. The molecule has 1 aromatic carbocycles. The number of hydrogen-bond donors (Lipinski definition) is 1. The van der Waals surface area contributed by atoms with E-state index >= 15 is 0 Å². The third kappa shape index (κ3) is 3.06. The van der Waals surface area contributed by atoms with E-state index in [0.29, 0.717) is 0 Å². The zero-order valence-electron chi connectivity index (χ0n) is 13.3. The molecule has 4 heteroatoms. The summed E-state index contributed by atoms with van der Waals surface area (Å²) in [5, 5.41) is 3.91. The normalized spacial score (nSPS) is 15.0. The Hall–Kier alpha value is -2.10. The molecule has 1 amide bonds. The van der Waals surface area contributed by atoms with E-state index in [2.05, 4.69) is 5.32 Å². The van der Waals surface area contributed by atoms with Gasteiger partial charge in [0, 0.05) is 34.1 Å². The first-order valence-corrected chi connectivity index (χ1v) is 7.78. The first kappa shape index (κ1) is 14.8. The van der Waals surface area contributed by atoms with Gasteiger partial charge in [-0.15, -0.1) is 0 Å². The molecule has 1 heterocycles. The van der Waals surface area contributed by atoms with Crippen molar-refractivity contribution in [3.8, 4) is 0 Å². The van der Waals surface area contributed by atoms with Gasteiger partial charge in [-0.1, -0.05) is 18.2 Å². The van der Waals surface area contributed by atoms with Crippen LogP contribution < -0.4 is 5.32 Å². The lowest BCUT2D eigenvalue weighted by atomic mass is 10.1. The van der Waals surface area contributed by atoms with Gasteiger partial charge in [0.05, 0.1) is 0 Å². The highest BCUT2D eigenvalue weighted by atomic mass is 16.2. The molecule has 1 aromatic heterocycles.